The fourth-order valence-corrected chi connectivity index (χ4v) is 4.21. The van der Waals surface area contributed by atoms with Crippen molar-refractivity contribution in [3.8, 4) is 11.4 Å². The van der Waals surface area contributed by atoms with Crippen LogP contribution in [0.3, 0.4) is 0 Å². The van der Waals surface area contributed by atoms with Gasteiger partial charge in [0.1, 0.15) is 0 Å². The number of amides is 2. The summed E-state index contributed by atoms with van der Waals surface area (Å²) in [6, 6.07) is 18.5. The number of hydrogen-bond donors (Lipinski definition) is 1. The van der Waals surface area contributed by atoms with Gasteiger partial charge in [-0.25, -0.2) is 4.68 Å². The van der Waals surface area contributed by atoms with Crippen LogP contribution in [-0.2, 0) is 0 Å². The van der Waals surface area contributed by atoms with Crippen molar-refractivity contribution < 1.29 is 9.59 Å². The normalized spacial score (nSPS) is 13.0. The average Bonchev–Trinajstić information content (AvgIpc) is 3.30. The summed E-state index contributed by atoms with van der Waals surface area (Å²) < 4.78 is 1.83. The molecular weight excluding hydrogens is 424 g/mol. The molecule has 4 aromatic rings. The van der Waals surface area contributed by atoms with E-state index in [2.05, 4.69) is 20.8 Å². The van der Waals surface area contributed by atoms with Gasteiger partial charge in [0.25, 0.3) is 11.8 Å². The third-order valence-electron chi connectivity index (χ3n) is 5.31. The molecule has 0 atom stereocenters. The molecule has 0 spiro atoms. The first kappa shape index (κ1) is 20.1. The van der Waals surface area contributed by atoms with Gasteiger partial charge in [0.2, 0.25) is 0 Å². The van der Waals surface area contributed by atoms with Crippen LogP contribution in [0, 0.1) is 0 Å². The molecule has 2 heterocycles. The van der Waals surface area contributed by atoms with Gasteiger partial charge >= 0.3 is 0 Å². The second-order valence-corrected chi connectivity index (χ2v) is 8.52. The van der Waals surface area contributed by atoms with E-state index in [0.717, 1.165) is 18.4 Å². The predicted octanol–water partition coefficient (Wildman–Crippen LogP) is 4.27. The zero-order chi connectivity index (χ0) is 22.1. The van der Waals surface area contributed by atoms with Gasteiger partial charge in [-0.1, -0.05) is 30.3 Å². The molecule has 1 aliphatic rings. The number of benzene rings is 2. The van der Waals surface area contributed by atoms with Crippen LogP contribution in [0.1, 0.15) is 38.9 Å². The summed E-state index contributed by atoms with van der Waals surface area (Å²) in [5.41, 5.74) is 2.41. The molecule has 5 rings (SSSR count). The molecule has 32 heavy (non-hydrogen) atoms. The highest BCUT2D eigenvalue weighted by molar-refractivity contribution is 7.12. The zero-order valence-electron chi connectivity index (χ0n) is 17.3. The van der Waals surface area contributed by atoms with Crippen LogP contribution in [0.4, 0.5) is 11.4 Å². The van der Waals surface area contributed by atoms with E-state index in [0.29, 0.717) is 33.7 Å². The average molecular weight is 445 g/mol. The lowest BCUT2D eigenvalue weighted by Gasteiger charge is -2.20. The van der Waals surface area contributed by atoms with Gasteiger partial charge in [-0.15, -0.1) is 16.4 Å². The Kier molecular flexibility index (Phi) is 5.24. The van der Waals surface area contributed by atoms with Crippen LogP contribution in [-0.4, -0.2) is 39.1 Å². The van der Waals surface area contributed by atoms with Crippen molar-refractivity contribution in [2.45, 2.75) is 18.9 Å². The van der Waals surface area contributed by atoms with Crippen molar-refractivity contribution in [3.05, 3.63) is 76.5 Å². The Hall–Kier alpha value is -3.85. The minimum Gasteiger partial charge on any atom is -0.322 e. The Morgan fingerprint density at radius 1 is 1.09 bits per heavy atom. The quantitative estimate of drug-likeness (QED) is 0.480. The highest BCUT2D eigenvalue weighted by Gasteiger charge is 2.28. The highest BCUT2D eigenvalue weighted by atomic mass is 32.1. The summed E-state index contributed by atoms with van der Waals surface area (Å²) in [7, 11) is 1.67. The molecule has 1 saturated carbocycles. The summed E-state index contributed by atoms with van der Waals surface area (Å²) in [6.45, 7) is 0. The molecule has 0 unspecified atom stereocenters. The number of carbonyl (C=O) groups is 2. The van der Waals surface area contributed by atoms with Crippen molar-refractivity contribution in [3.63, 3.8) is 0 Å². The maximum Gasteiger partial charge on any atom is 0.268 e. The number of nitrogens with zero attached hydrogens (tertiary/aromatic N) is 5. The van der Waals surface area contributed by atoms with Gasteiger partial charge in [0.15, 0.2) is 5.82 Å². The third kappa shape index (κ3) is 3.90. The summed E-state index contributed by atoms with van der Waals surface area (Å²) in [5.74, 6) is 0.227. The molecule has 2 aromatic carbocycles. The number of thiophene rings is 1. The molecule has 0 saturated heterocycles. The molecule has 0 bridgehead atoms. The van der Waals surface area contributed by atoms with E-state index in [1.165, 1.54) is 16.2 Å². The Morgan fingerprint density at radius 3 is 2.72 bits per heavy atom. The maximum absolute atomic E-state index is 13.1. The Bertz CT molecular complexity index is 1280. The van der Waals surface area contributed by atoms with E-state index in [1.807, 2.05) is 46.5 Å². The van der Waals surface area contributed by atoms with Gasteiger partial charge in [-0.2, -0.15) is 0 Å². The number of anilines is 2. The topological polar surface area (TPSA) is 93.0 Å². The number of tetrazole rings is 1. The van der Waals surface area contributed by atoms with Crippen molar-refractivity contribution >= 4 is 34.5 Å². The first-order chi connectivity index (χ1) is 15.6. The summed E-state index contributed by atoms with van der Waals surface area (Å²) >= 11 is 1.37. The lowest BCUT2D eigenvalue weighted by Crippen LogP contribution is -2.28. The van der Waals surface area contributed by atoms with E-state index in [-0.39, 0.29) is 11.8 Å². The largest absolute Gasteiger partial charge is 0.322 e. The molecule has 1 fully saturated rings. The molecule has 1 aliphatic carbocycles. The van der Waals surface area contributed by atoms with E-state index in [9.17, 15) is 9.59 Å². The lowest BCUT2D eigenvalue weighted by molar-refractivity contribution is 0.0996. The molecule has 1 N–H and O–H groups in total. The second kappa shape index (κ2) is 8.35. The standard InChI is InChI=1S/C23H20N6O2S/c1-28(23(31)20-10-5-13-32-20)19-9-3-2-8-18(19)22(30)24-16-7-4-6-15(14-16)21-25-26-27-29(21)17-11-12-17/h2-10,13-14,17H,11-12H2,1H3,(H,24,30). The first-order valence-corrected chi connectivity index (χ1v) is 11.1. The fraction of sp³-hybridized carbons (Fsp3) is 0.174. The predicted molar refractivity (Wildman–Crippen MR) is 123 cm³/mol. The van der Waals surface area contributed by atoms with E-state index >= 15 is 0 Å². The lowest BCUT2D eigenvalue weighted by atomic mass is 10.1. The second-order valence-electron chi connectivity index (χ2n) is 7.57. The summed E-state index contributed by atoms with van der Waals surface area (Å²) in [6.07, 6.45) is 2.14. The van der Waals surface area contributed by atoms with Crippen molar-refractivity contribution in [2.75, 3.05) is 17.3 Å². The highest BCUT2D eigenvalue weighted by Crippen LogP contribution is 2.37. The van der Waals surface area contributed by atoms with E-state index in [4.69, 9.17) is 0 Å². The van der Waals surface area contributed by atoms with Gasteiger partial charge in [-0.3, -0.25) is 9.59 Å². The number of para-hydroxylation sites is 1. The Labute approximate surface area is 188 Å². The smallest absolute Gasteiger partial charge is 0.268 e. The monoisotopic (exact) mass is 444 g/mol. The van der Waals surface area contributed by atoms with Crippen LogP contribution < -0.4 is 10.2 Å². The summed E-state index contributed by atoms with van der Waals surface area (Å²) in [4.78, 5) is 28.0. The number of carbonyl (C=O) groups excluding carboxylic acids is 2. The van der Waals surface area contributed by atoms with Crippen molar-refractivity contribution in [2.24, 2.45) is 0 Å². The molecule has 160 valence electrons. The van der Waals surface area contributed by atoms with Crippen LogP contribution in [0.2, 0.25) is 0 Å². The van der Waals surface area contributed by atoms with Crippen LogP contribution >= 0.6 is 11.3 Å². The van der Waals surface area contributed by atoms with E-state index < -0.39 is 0 Å². The minimum absolute atomic E-state index is 0.158. The maximum atomic E-state index is 13.1. The molecule has 8 nitrogen and oxygen atoms in total. The Balaban J connectivity index is 1.39. The SMILES string of the molecule is CN(C(=O)c1cccs1)c1ccccc1C(=O)Nc1cccc(-c2nnnn2C2CC2)c1. The zero-order valence-corrected chi connectivity index (χ0v) is 18.1. The van der Waals surface area contributed by atoms with Crippen molar-refractivity contribution in [1.29, 1.82) is 0 Å². The van der Waals surface area contributed by atoms with Crippen LogP contribution in [0.25, 0.3) is 11.4 Å². The van der Waals surface area contributed by atoms with Gasteiger partial charge in [0, 0.05) is 18.3 Å². The van der Waals surface area contributed by atoms with Gasteiger partial charge < -0.3 is 10.2 Å². The van der Waals surface area contributed by atoms with Crippen LogP contribution in [0.15, 0.2) is 66.0 Å². The molecule has 0 radical (unpaired) electrons. The van der Waals surface area contributed by atoms with Crippen molar-refractivity contribution in [1.82, 2.24) is 20.2 Å². The molecule has 0 aliphatic heterocycles. The molecular formula is C23H20N6O2S. The molecule has 9 heteroatoms. The number of aromatic nitrogens is 4. The van der Waals surface area contributed by atoms with Gasteiger partial charge in [-0.05, 0) is 59.0 Å². The van der Waals surface area contributed by atoms with E-state index in [1.54, 1.807) is 31.3 Å². The third-order valence-corrected chi connectivity index (χ3v) is 6.17. The Morgan fingerprint density at radius 2 is 1.94 bits per heavy atom. The minimum atomic E-state index is -0.301. The molecule has 2 amide bonds. The number of rotatable bonds is 6. The number of nitrogens with one attached hydrogen (secondary N) is 1. The number of hydrogen-bond acceptors (Lipinski definition) is 6. The van der Waals surface area contributed by atoms with Gasteiger partial charge in [0.05, 0.1) is 22.2 Å². The first-order valence-electron chi connectivity index (χ1n) is 10.2. The summed E-state index contributed by atoms with van der Waals surface area (Å²) in [5, 5.41) is 16.8. The fourth-order valence-electron chi connectivity index (χ4n) is 3.52. The van der Waals surface area contributed by atoms with Crippen LogP contribution in [0.5, 0.6) is 0 Å². The molecule has 2 aromatic heterocycles.